The number of aromatic nitrogens is 3. The van der Waals surface area contributed by atoms with Crippen LogP contribution in [0.25, 0.3) is 0 Å². The minimum atomic E-state index is -0.315. The van der Waals surface area contributed by atoms with Gasteiger partial charge in [-0.25, -0.2) is 4.39 Å². The second kappa shape index (κ2) is 5.16. The van der Waals surface area contributed by atoms with Crippen molar-refractivity contribution in [1.82, 2.24) is 15.2 Å². The largest absolute Gasteiger partial charge is 0.374 e. The third-order valence-corrected chi connectivity index (χ3v) is 2.96. The van der Waals surface area contributed by atoms with E-state index in [4.69, 9.17) is 0 Å². The van der Waals surface area contributed by atoms with Gasteiger partial charge in [0.15, 0.2) is 0 Å². The number of rotatable bonds is 4. The number of halogens is 1. The summed E-state index contributed by atoms with van der Waals surface area (Å²) in [5.74, 6) is -0.315. The highest BCUT2D eigenvalue weighted by atomic mass is 19.1. The zero-order valence-electron chi connectivity index (χ0n) is 10.8. The molecule has 0 saturated heterocycles. The maximum atomic E-state index is 12.9. The molecule has 0 aliphatic rings. The molecule has 2 rings (SSSR count). The van der Waals surface area contributed by atoms with Gasteiger partial charge in [0.05, 0.1) is 35.0 Å². The maximum Gasteiger partial charge on any atom is 0.141 e. The van der Waals surface area contributed by atoms with Gasteiger partial charge in [0.2, 0.25) is 0 Å². The van der Waals surface area contributed by atoms with Crippen LogP contribution in [-0.2, 0) is 0 Å². The second-order valence-electron chi connectivity index (χ2n) is 4.32. The van der Waals surface area contributed by atoms with E-state index in [9.17, 15) is 4.39 Å². The van der Waals surface area contributed by atoms with Crippen LogP contribution in [0, 0.1) is 19.7 Å². The standard InChI is InChI=1S/C13H17FN4/c1-4-11(12-6-5-10(14)7-15-12)16-13-8(2)17-18-9(13)3/h5-7,11,16H,4H2,1-3H3,(H,17,18). The second-order valence-corrected chi connectivity index (χ2v) is 4.32. The summed E-state index contributed by atoms with van der Waals surface area (Å²) in [4.78, 5) is 4.12. The van der Waals surface area contributed by atoms with Crippen LogP contribution in [0.15, 0.2) is 18.3 Å². The molecular weight excluding hydrogens is 231 g/mol. The first-order chi connectivity index (χ1) is 8.61. The molecule has 0 radical (unpaired) electrons. The van der Waals surface area contributed by atoms with Crippen LogP contribution >= 0.6 is 0 Å². The first-order valence-corrected chi connectivity index (χ1v) is 6.01. The Kier molecular flexibility index (Phi) is 3.60. The van der Waals surface area contributed by atoms with Crippen molar-refractivity contribution in [1.29, 1.82) is 0 Å². The molecule has 1 atom stereocenters. The highest BCUT2D eigenvalue weighted by Crippen LogP contribution is 2.24. The molecule has 2 aromatic heterocycles. The van der Waals surface area contributed by atoms with Crippen LogP contribution in [0.3, 0.4) is 0 Å². The average Bonchev–Trinajstić information content (AvgIpc) is 2.68. The fourth-order valence-corrected chi connectivity index (χ4v) is 1.92. The van der Waals surface area contributed by atoms with E-state index in [1.54, 1.807) is 6.07 Å². The van der Waals surface area contributed by atoms with E-state index in [1.165, 1.54) is 12.3 Å². The van der Waals surface area contributed by atoms with E-state index < -0.39 is 0 Å². The summed E-state index contributed by atoms with van der Waals surface area (Å²) in [6.45, 7) is 5.97. The molecule has 0 fully saturated rings. The normalized spacial score (nSPS) is 12.4. The van der Waals surface area contributed by atoms with Gasteiger partial charge >= 0.3 is 0 Å². The lowest BCUT2D eigenvalue weighted by molar-refractivity contribution is 0.614. The zero-order valence-corrected chi connectivity index (χ0v) is 10.8. The van der Waals surface area contributed by atoms with E-state index in [2.05, 4.69) is 27.4 Å². The van der Waals surface area contributed by atoms with Gasteiger partial charge in [-0.15, -0.1) is 0 Å². The van der Waals surface area contributed by atoms with Crippen molar-refractivity contribution < 1.29 is 4.39 Å². The number of anilines is 1. The monoisotopic (exact) mass is 248 g/mol. The van der Waals surface area contributed by atoms with E-state index in [-0.39, 0.29) is 11.9 Å². The lowest BCUT2D eigenvalue weighted by Crippen LogP contribution is -2.12. The van der Waals surface area contributed by atoms with Crippen molar-refractivity contribution in [2.75, 3.05) is 5.32 Å². The smallest absolute Gasteiger partial charge is 0.141 e. The Bertz CT molecular complexity index is 499. The van der Waals surface area contributed by atoms with Crippen molar-refractivity contribution in [2.45, 2.75) is 33.2 Å². The van der Waals surface area contributed by atoms with E-state index in [0.29, 0.717) is 0 Å². The Labute approximate surface area is 106 Å². The highest BCUT2D eigenvalue weighted by Gasteiger charge is 2.14. The molecule has 5 heteroatoms. The molecule has 0 aromatic carbocycles. The fourth-order valence-electron chi connectivity index (χ4n) is 1.92. The predicted molar refractivity (Wildman–Crippen MR) is 68.9 cm³/mol. The summed E-state index contributed by atoms with van der Waals surface area (Å²) >= 11 is 0. The van der Waals surface area contributed by atoms with Gasteiger partial charge in [-0.1, -0.05) is 6.92 Å². The van der Waals surface area contributed by atoms with Crippen molar-refractivity contribution >= 4 is 5.69 Å². The third-order valence-electron chi connectivity index (χ3n) is 2.96. The summed E-state index contributed by atoms with van der Waals surface area (Å²) in [7, 11) is 0. The van der Waals surface area contributed by atoms with Crippen LogP contribution in [0.2, 0.25) is 0 Å². The number of hydrogen-bond donors (Lipinski definition) is 2. The van der Waals surface area contributed by atoms with E-state index in [0.717, 1.165) is 29.2 Å². The van der Waals surface area contributed by atoms with E-state index >= 15 is 0 Å². The molecule has 0 aliphatic carbocycles. The Morgan fingerprint density at radius 2 is 2.17 bits per heavy atom. The van der Waals surface area contributed by atoms with Crippen molar-refractivity contribution in [3.05, 3.63) is 41.2 Å². The molecule has 2 heterocycles. The molecule has 0 saturated carbocycles. The molecule has 0 bridgehead atoms. The molecule has 0 amide bonds. The number of hydrogen-bond acceptors (Lipinski definition) is 3. The first-order valence-electron chi connectivity index (χ1n) is 6.01. The average molecular weight is 248 g/mol. The number of nitrogens with zero attached hydrogens (tertiary/aromatic N) is 2. The van der Waals surface area contributed by atoms with Crippen LogP contribution in [0.5, 0.6) is 0 Å². The molecule has 1 unspecified atom stereocenters. The lowest BCUT2D eigenvalue weighted by Gasteiger charge is -2.17. The Hall–Kier alpha value is -1.91. The molecule has 4 nitrogen and oxygen atoms in total. The zero-order chi connectivity index (χ0) is 13.1. The lowest BCUT2D eigenvalue weighted by atomic mass is 10.1. The maximum absolute atomic E-state index is 12.9. The first kappa shape index (κ1) is 12.5. The van der Waals surface area contributed by atoms with Crippen LogP contribution in [-0.4, -0.2) is 15.2 Å². The Morgan fingerprint density at radius 1 is 1.39 bits per heavy atom. The van der Waals surface area contributed by atoms with Gasteiger partial charge in [0, 0.05) is 0 Å². The third kappa shape index (κ3) is 2.50. The van der Waals surface area contributed by atoms with Crippen LogP contribution in [0.4, 0.5) is 10.1 Å². The van der Waals surface area contributed by atoms with Crippen molar-refractivity contribution in [3.63, 3.8) is 0 Å². The number of pyridine rings is 1. The summed E-state index contributed by atoms with van der Waals surface area (Å²) in [6, 6.07) is 3.20. The Morgan fingerprint density at radius 3 is 2.67 bits per heavy atom. The SMILES string of the molecule is CCC(Nc1c(C)n[nH]c1C)c1ccc(F)cn1. The number of H-pyrrole nitrogens is 1. The van der Waals surface area contributed by atoms with Gasteiger partial charge in [0.1, 0.15) is 5.82 Å². The molecule has 2 aromatic rings. The topological polar surface area (TPSA) is 53.6 Å². The van der Waals surface area contributed by atoms with Gasteiger partial charge in [0.25, 0.3) is 0 Å². The number of aryl methyl sites for hydroxylation is 2. The molecule has 0 spiro atoms. The van der Waals surface area contributed by atoms with Gasteiger partial charge in [-0.05, 0) is 32.4 Å². The quantitative estimate of drug-likeness (QED) is 0.874. The van der Waals surface area contributed by atoms with Crippen molar-refractivity contribution in [2.24, 2.45) is 0 Å². The summed E-state index contributed by atoms with van der Waals surface area (Å²) in [6.07, 6.45) is 2.11. The molecular formula is C13H17FN4. The molecule has 2 N–H and O–H groups in total. The van der Waals surface area contributed by atoms with Crippen LogP contribution < -0.4 is 5.32 Å². The highest BCUT2D eigenvalue weighted by molar-refractivity contribution is 5.52. The van der Waals surface area contributed by atoms with Gasteiger partial charge in [-0.2, -0.15) is 5.10 Å². The molecule has 0 aliphatic heterocycles. The van der Waals surface area contributed by atoms with E-state index in [1.807, 2.05) is 13.8 Å². The number of nitrogens with one attached hydrogen (secondary N) is 2. The number of aromatic amines is 1. The van der Waals surface area contributed by atoms with Gasteiger partial charge in [-0.3, -0.25) is 10.1 Å². The minimum absolute atomic E-state index is 0.0561. The summed E-state index contributed by atoms with van der Waals surface area (Å²) in [5.41, 5.74) is 3.74. The predicted octanol–water partition coefficient (Wildman–Crippen LogP) is 3.12. The minimum Gasteiger partial charge on any atom is -0.374 e. The molecule has 18 heavy (non-hydrogen) atoms. The summed E-state index contributed by atoms with van der Waals surface area (Å²) < 4.78 is 12.9. The van der Waals surface area contributed by atoms with Crippen LogP contribution in [0.1, 0.15) is 36.5 Å². The summed E-state index contributed by atoms with van der Waals surface area (Å²) in [5, 5.41) is 10.5. The molecule has 96 valence electrons. The van der Waals surface area contributed by atoms with Gasteiger partial charge < -0.3 is 5.32 Å². The Balaban J connectivity index is 2.22. The fraction of sp³-hybridized carbons (Fsp3) is 0.385. The van der Waals surface area contributed by atoms with Crippen molar-refractivity contribution in [3.8, 4) is 0 Å².